The average Bonchev–Trinajstić information content (AvgIpc) is 2.78. The zero-order chi connectivity index (χ0) is 16.3. The second-order valence-corrected chi connectivity index (χ2v) is 6.98. The molecule has 0 heterocycles. The highest BCUT2D eigenvalue weighted by atomic mass is 19.1. The summed E-state index contributed by atoms with van der Waals surface area (Å²) in [5.74, 6) is -0.242. The van der Waals surface area contributed by atoms with Crippen molar-refractivity contribution in [2.75, 3.05) is 5.32 Å². The molecule has 0 saturated heterocycles. The number of alkyl carbamates (subject to hydrolysis) is 1. The van der Waals surface area contributed by atoms with Gasteiger partial charge in [0.25, 0.3) is 0 Å². The minimum atomic E-state index is -0.495. The molecule has 122 valence electrons. The van der Waals surface area contributed by atoms with Gasteiger partial charge in [-0.2, -0.15) is 0 Å². The Morgan fingerprint density at radius 1 is 1.27 bits per heavy atom. The number of aryl methyl sites for hydroxylation is 1. The fourth-order valence-corrected chi connectivity index (χ4v) is 2.69. The summed E-state index contributed by atoms with van der Waals surface area (Å²) in [7, 11) is 0. The monoisotopic (exact) mass is 308 g/mol. The van der Waals surface area contributed by atoms with Crippen LogP contribution >= 0.6 is 0 Å². The van der Waals surface area contributed by atoms with Gasteiger partial charge in [-0.3, -0.25) is 0 Å². The number of benzene rings is 1. The summed E-state index contributed by atoms with van der Waals surface area (Å²) < 4.78 is 19.0. The molecule has 2 N–H and O–H groups in total. The Hall–Kier alpha value is -1.78. The number of ether oxygens (including phenoxy) is 1. The molecule has 0 radical (unpaired) electrons. The highest BCUT2D eigenvalue weighted by molar-refractivity contribution is 5.68. The normalized spacial score (nSPS) is 21.5. The van der Waals surface area contributed by atoms with Gasteiger partial charge < -0.3 is 15.4 Å². The molecule has 0 aliphatic heterocycles. The molecule has 4 nitrogen and oxygen atoms in total. The molecule has 0 bridgehead atoms. The molecule has 2 rings (SSSR count). The number of hydrogen-bond acceptors (Lipinski definition) is 3. The van der Waals surface area contributed by atoms with Crippen molar-refractivity contribution in [2.45, 2.75) is 64.6 Å². The lowest BCUT2D eigenvalue weighted by Crippen LogP contribution is -2.38. The maximum atomic E-state index is 13.8. The quantitative estimate of drug-likeness (QED) is 0.887. The second kappa shape index (κ2) is 6.55. The molecule has 0 aromatic heterocycles. The molecule has 2 atom stereocenters. The summed E-state index contributed by atoms with van der Waals surface area (Å²) in [6.45, 7) is 7.45. The van der Waals surface area contributed by atoms with E-state index in [0.29, 0.717) is 5.69 Å². The second-order valence-electron chi connectivity index (χ2n) is 6.98. The predicted molar refractivity (Wildman–Crippen MR) is 85.6 cm³/mol. The molecule has 1 aliphatic rings. The van der Waals surface area contributed by atoms with E-state index in [2.05, 4.69) is 10.6 Å². The van der Waals surface area contributed by atoms with E-state index in [1.807, 2.05) is 33.8 Å². The molecule has 2 unspecified atom stereocenters. The maximum absolute atomic E-state index is 13.8. The van der Waals surface area contributed by atoms with Crippen molar-refractivity contribution < 1.29 is 13.9 Å². The summed E-state index contributed by atoms with van der Waals surface area (Å²) in [4.78, 5) is 11.8. The lowest BCUT2D eigenvalue weighted by molar-refractivity contribution is 0.0505. The van der Waals surface area contributed by atoms with E-state index in [9.17, 15) is 9.18 Å². The number of nitrogens with one attached hydrogen (secondary N) is 2. The zero-order valence-electron chi connectivity index (χ0n) is 13.7. The molecule has 1 aliphatic carbocycles. The highest BCUT2D eigenvalue weighted by Crippen LogP contribution is 2.25. The van der Waals surface area contributed by atoms with Crippen LogP contribution in [-0.2, 0) is 4.74 Å². The van der Waals surface area contributed by atoms with Crippen molar-refractivity contribution in [1.82, 2.24) is 5.32 Å². The first-order valence-electron chi connectivity index (χ1n) is 7.75. The predicted octanol–water partition coefficient (Wildman–Crippen LogP) is 3.99. The highest BCUT2D eigenvalue weighted by Gasteiger charge is 2.28. The van der Waals surface area contributed by atoms with Crippen LogP contribution in [0.15, 0.2) is 18.2 Å². The summed E-state index contributed by atoms with van der Waals surface area (Å²) in [6.07, 6.45) is 2.14. The van der Waals surface area contributed by atoms with Crippen LogP contribution in [0.3, 0.4) is 0 Å². The third-order valence-electron chi connectivity index (χ3n) is 3.63. The summed E-state index contributed by atoms with van der Waals surface area (Å²) in [5, 5.41) is 6.12. The Balaban J connectivity index is 1.85. The van der Waals surface area contributed by atoms with Gasteiger partial charge in [0.05, 0.1) is 5.69 Å². The van der Waals surface area contributed by atoms with E-state index in [0.717, 1.165) is 24.8 Å². The number of rotatable bonds is 3. The topological polar surface area (TPSA) is 50.4 Å². The van der Waals surface area contributed by atoms with Gasteiger partial charge in [-0.05, 0) is 64.7 Å². The van der Waals surface area contributed by atoms with Crippen molar-refractivity contribution in [3.8, 4) is 0 Å². The maximum Gasteiger partial charge on any atom is 0.407 e. The number of carbonyl (C=O) groups is 1. The van der Waals surface area contributed by atoms with E-state index in [1.54, 1.807) is 6.07 Å². The standard InChI is InChI=1S/C17H25FN2O2/c1-11-5-8-14(18)15(9-11)19-12-6-7-13(10-12)20-16(21)22-17(2,3)4/h5,8-9,12-13,19H,6-7,10H2,1-4H3,(H,20,21). The van der Waals surface area contributed by atoms with Gasteiger partial charge in [0.15, 0.2) is 0 Å². The van der Waals surface area contributed by atoms with Crippen LogP contribution in [0.2, 0.25) is 0 Å². The van der Waals surface area contributed by atoms with E-state index in [1.165, 1.54) is 6.07 Å². The molecule has 0 spiro atoms. The van der Waals surface area contributed by atoms with Crippen LogP contribution in [0.25, 0.3) is 0 Å². The smallest absolute Gasteiger partial charge is 0.407 e. The van der Waals surface area contributed by atoms with Crippen molar-refractivity contribution in [2.24, 2.45) is 0 Å². The first-order chi connectivity index (χ1) is 10.2. The Labute approximate surface area is 131 Å². The van der Waals surface area contributed by atoms with Crippen molar-refractivity contribution in [3.63, 3.8) is 0 Å². The SMILES string of the molecule is Cc1ccc(F)c(NC2CCC(NC(=O)OC(C)(C)C)C2)c1. The van der Waals surface area contributed by atoms with E-state index < -0.39 is 5.60 Å². The van der Waals surface area contributed by atoms with Crippen LogP contribution in [0.5, 0.6) is 0 Å². The van der Waals surface area contributed by atoms with Gasteiger partial charge >= 0.3 is 6.09 Å². The Kier molecular flexibility index (Phi) is 4.94. The first kappa shape index (κ1) is 16.6. The summed E-state index contributed by atoms with van der Waals surface area (Å²) in [5.41, 5.74) is 1.05. The Bertz CT molecular complexity index is 540. The van der Waals surface area contributed by atoms with Crippen molar-refractivity contribution >= 4 is 11.8 Å². The van der Waals surface area contributed by atoms with E-state index in [4.69, 9.17) is 4.74 Å². The van der Waals surface area contributed by atoms with Gasteiger partial charge in [-0.15, -0.1) is 0 Å². The number of anilines is 1. The zero-order valence-corrected chi connectivity index (χ0v) is 13.7. The van der Waals surface area contributed by atoms with Crippen LogP contribution in [0, 0.1) is 12.7 Å². The molecule has 22 heavy (non-hydrogen) atoms. The molecule has 5 heteroatoms. The number of hydrogen-bond donors (Lipinski definition) is 2. The van der Waals surface area contributed by atoms with E-state index in [-0.39, 0.29) is 24.0 Å². The van der Waals surface area contributed by atoms with Crippen LogP contribution in [-0.4, -0.2) is 23.8 Å². The number of carbonyl (C=O) groups excluding carboxylic acids is 1. The third kappa shape index (κ3) is 4.90. The fraction of sp³-hybridized carbons (Fsp3) is 0.588. The van der Waals surface area contributed by atoms with Gasteiger partial charge in [0.1, 0.15) is 11.4 Å². The molecule has 1 aromatic rings. The minimum absolute atomic E-state index is 0.0696. The first-order valence-corrected chi connectivity index (χ1v) is 7.75. The lowest BCUT2D eigenvalue weighted by Gasteiger charge is -2.22. The largest absolute Gasteiger partial charge is 0.444 e. The van der Waals surface area contributed by atoms with Gasteiger partial charge in [-0.1, -0.05) is 6.07 Å². The van der Waals surface area contributed by atoms with Crippen molar-refractivity contribution in [1.29, 1.82) is 0 Å². The molecular weight excluding hydrogens is 283 g/mol. The molecule has 1 saturated carbocycles. The number of halogens is 1. The minimum Gasteiger partial charge on any atom is -0.444 e. The molecule has 1 amide bonds. The van der Waals surface area contributed by atoms with Crippen LogP contribution in [0.4, 0.5) is 14.9 Å². The molecular formula is C17H25FN2O2. The summed E-state index contributed by atoms with van der Waals surface area (Å²) in [6, 6.07) is 5.27. The molecule has 1 fully saturated rings. The van der Waals surface area contributed by atoms with Crippen molar-refractivity contribution in [3.05, 3.63) is 29.6 Å². The van der Waals surface area contributed by atoms with Gasteiger partial charge in [-0.25, -0.2) is 9.18 Å². The lowest BCUT2D eigenvalue weighted by atomic mass is 10.1. The van der Waals surface area contributed by atoms with E-state index >= 15 is 0 Å². The van der Waals surface area contributed by atoms with Crippen LogP contribution < -0.4 is 10.6 Å². The number of amides is 1. The Morgan fingerprint density at radius 3 is 2.64 bits per heavy atom. The van der Waals surface area contributed by atoms with Crippen LogP contribution in [0.1, 0.15) is 45.6 Å². The fourth-order valence-electron chi connectivity index (χ4n) is 2.69. The third-order valence-corrected chi connectivity index (χ3v) is 3.63. The Morgan fingerprint density at radius 2 is 1.95 bits per heavy atom. The van der Waals surface area contributed by atoms with Gasteiger partial charge in [0, 0.05) is 12.1 Å². The van der Waals surface area contributed by atoms with Gasteiger partial charge in [0.2, 0.25) is 0 Å². The molecule has 1 aromatic carbocycles. The average molecular weight is 308 g/mol. The summed E-state index contributed by atoms with van der Waals surface area (Å²) >= 11 is 0.